The van der Waals surface area contributed by atoms with Gasteiger partial charge in [-0.15, -0.1) is 0 Å². The molecule has 3 N–H and O–H groups in total. The lowest BCUT2D eigenvalue weighted by Crippen LogP contribution is -2.40. The molecular formula is C28H31N3O3. The Morgan fingerprint density at radius 2 is 1.74 bits per heavy atom. The average Bonchev–Trinajstić information content (AvgIpc) is 2.87. The van der Waals surface area contributed by atoms with Crippen molar-refractivity contribution in [2.75, 3.05) is 19.6 Å². The van der Waals surface area contributed by atoms with Crippen LogP contribution in [0, 0.1) is 5.92 Å². The third-order valence-corrected chi connectivity index (χ3v) is 6.14. The molecule has 1 atom stereocenters. The summed E-state index contributed by atoms with van der Waals surface area (Å²) in [5, 5.41) is 3.11. The van der Waals surface area contributed by atoms with Crippen LogP contribution in [0.5, 0.6) is 5.75 Å². The molecule has 4 rings (SSSR count). The first-order valence-electron chi connectivity index (χ1n) is 11.7. The number of nitrogens with one attached hydrogen (secondary N) is 1. The van der Waals surface area contributed by atoms with Crippen LogP contribution in [0.1, 0.15) is 44.7 Å². The zero-order valence-electron chi connectivity index (χ0n) is 19.3. The van der Waals surface area contributed by atoms with Gasteiger partial charge in [0, 0.05) is 25.2 Å². The summed E-state index contributed by atoms with van der Waals surface area (Å²) in [5.41, 5.74) is 8.52. The average molecular weight is 458 g/mol. The normalized spacial score (nSPS) is 16.1. The van der Waals surface area contributed by atoms with Gasteiger partial charge in [-0.1, -0.05) is 54.6 Å². The second-order valence-electron chi connectivity index (χ2n) is 8.79. The molecule has 0 spiro atoms. The molecule has 0 aliphatic carbocycles. The number of nitrogens with zero attached hydrogens (tertiary/aromatic N) is 1. The monoisotopic (exact) mass is 457 g/mol. The van der Waals surface area contributed by atoms with Gasteiger partial charge in [0.15, 0.2) is 0 Å². The number of piperidine rings is 1. The van der Waals surface area contributed by atoms with E-state index in [1.807, 2.05) is 24.3 Å². The lowest BCUT2D eigenvalue weighted by atomic mass is 9.97. The molecule has 6 heteroatoms. The van der Waals surface area contributed by atoms with E-state index in [1.54, 1.807) is 30.3 Å². The van der Waals surface area contributed by atoms with E-state index in [0.717, 1.165) is 38.0 Å². The molecular weight excluding hydrogens is 426 g/mol. The highest BCUT2D eigenvalue weighted by Gasteiger charge is 2.21. The smallest absolute Gasteiger partial charge is 0.252 e. The van der Waals surface area contributed by atoms with Crippen molar-refractivity contribution in [1.29, 1.82) is 0 Å². The number of ether oxygens (including phenoxy) is 1. The topological polar surface area (TPSA) is 84.7 Å². The maximum atomic E-state index is 12.8. The van der Waals surface area contributed by atoms with Gasteiger partial charge in [0.05, 0.1) is 5.56 Å². The molecule has 0 bridgehead atoms. The summed E-state index contributed by atoms with van der Waals surface area (Å²) in [7, 11) is 0. The van der Waals surface area contributed by atoms with E-state index in [9.17, 15) is 9.59 Å². The van der Waals surface area contributed by atoms with Crippen LogP contribution >= 0.6 is 0 Å². The van der Waals surface area contributed by atoms with Gasteiger partial charge >= 0.3 is 0 Å². The zero-order chi connectivity index (χ0) is 23.8. The van der Waals surface area contributed by atoms with Crippen LogP contribution in [0.15, 0.2) is 78.9 Å². The van der Waals surface area contributed by atoms with E-state index in [1.165, 1.54) is 5.56 Å². The van der Waals surface area contributed by atoms with E-state index in [2.05, 4.69) is 34.5 Å². The highest BCUT2D eigenvalue weighted by atomic mass is 16.5. The quantitative estimate of drug-likeness (QED) is 0.509. The van der Waals surface area contributed by atoms with Gasteiger partial charge in [-0.2, -0.15) is 0 Å². The number of nitrogens with two attached hydrogens (primary N) is 1. The van der Waals surface area contributed by atoms with Gasteiger partial charge in [-0.05, 0) is 60.7 Å². The standard InChI is InChI=1S/C28H31N3O3/c29-27(32)25-13-4-5-14-26(25)34-20-22-10-6-12-24(16-22)28(33)30-17-23-11-7-15-31(19-23)18-21-8-2-1-3-9-21/h1-6,8-10,12-14,16,23H,7,11,15,17-20H2,(H2,29,32)(H,30,33). The fraction of sp³-hybridized carbons (Fsp3) is 0.286. The van der Waals surface area contributed by atoms with E-state index < -0.39 is 5.91 Å². The Hall–Kier alpha value is -3.64. The Morgan fingerprint density at radius 1 is 0.971 bits per heavy atom. The molecule has 1 aliphatic heterocycles. The fourth-order valence-corrected chi connectivity index (χ4v) is 4.40. The van der Waals surface area contributed by atoms with Gasteiger partial charge in [0.25, 0.3) is 11.8 Å². The molecule has 1 saturated heterocycles. The van der Waals surface area contributed by atoms with Crippen molar-refractivity contribution in [3.63, 3.8) is 0 Å². The van der Waals surface area contributed by atoms with Gasteiger partial charge in [0.2, 0.25) is 0 Å². The summed E-state index contributed by atoms with van der Waals surface area (Å²) in [6, 6.07) is 24.8. The molecule has 1 fully saturated rings. The molecule has 1 aliphatic rings. The second-order valence-corrected chi connectivity index (χ2v) is 8.79. The van der Waals surface area contributed by atoms with Crippen molar-refractivity contribution in [2.24, 2.45) is 11.7 Å². The molecule has 0 saturated carbocycles. The number of hydrogen-bond donors (Lipinski definition) is 2. The van der Waals surface area contributed by atoms with Crippen LogP contribution in [0.25, 0.3) is 0 Å². The molecule has 1 heterocycles. The largest absolute Gasteiger partial charge is 0.488 e. The third kappa shape index (κ3) is 6.45. The maximum Gasteiger partial charge on any atom is 0.252 e. The molecule has 0 aromatic heterocycles. The van der Waals surface area contributed by atoms with Crippen molar-refractivity contribution in [1.82, 2.24) is 10.2 Å². The van der Waals surface area contributed by atoms with Crippen LogP contribution in [0.3, 0.4) is 0 Å². The van der Waals surface area contributed by atoms with Crippen molar-refractivity contribution >= 4 is 11.8 Å². The van der Waals surface area contributed by atoms with Gasteiger partial charge in [-0.25, -0.2) is 0 Å². The molecule has 3 aromatic carbocycles. The Balaban J connectivity index is 1.29. The Labute approximate surface area is 200 Å². The molecule has 6 nitrogen and oxygen atoms in total. The molecule has 34 heavy (non-hydrogen) atoms. The number of benzene rings is 3. The molecule has 3 aromatic rings. The predicted molar refractivity (Wildman–Crippen MR) is 133 cm³/mol. The van der Waals surface area contributed by atoms with E-state index in [0.29, 0.717) is 29.3 Å². The van der Waals surface area contributed by atoms with E-state index in [-0.39, 0.29) is 12.5 Å². The fourth-order valence-electron chi connectivity index (χ4n) is 4.40. The summed E-state index contributed by atoms with van der Waals surface area (Å²) < 4.78 is 5.80. The number of rotatable bonds is 9. The maximum absolute atomic E-state index is 12.8. The first-order chi connectivity index (χ1) is 16.6. The number of para-hydroxylation sites is 1. The number of carbonyl (C=O) groups excluding carboxylic acids is 2. The summed E-state index contributed by atoms with van der Waals surface area (Å²) in [6.07, 6.45) is 2.27. The predicted octanol–water partition coefficient (Wildman–Crippen LogP) is 4.01. The molecule has 1 unspecified atom stereocenters. The molecule has 2 amide bonds. The second kappa shape index (κ2) is 11.5. The van der Waals surface area contributed by atoms with Crippen LogP contribution in [-0.4, -0.2) is 36.3 Å². The Morgan fingerprint density at radius 3 is 2.56 bits per heavy atom. The van der Waals surface area contributed by atoms with Crippen molar-refractivity contribution < 1.29 is 14.3 Å². The van der Waals surface area contributed by atoms with Crippen molar-refractivity contribution in [3.05, 3.63) is 101 Å². The highest BCUT2D eigenvalue weighted by Crippen LogP contribution is 2.20. The number of likely N-dealkylation sites (tertiary alicyclic amines) is 1. The summed E-state index contributed by atoms with van der Waals surface area (Å²) >= 11 is 0. The Bertz CT molecular complexity index is 1120. The van der Waals surface area contributed by atoms with Gasteiger partial charge in [-0.3, -0.25) is 14.5 Å². The lowest BCUT2D eigenvalue weighted by Gasteiger charge is -2.32. The van der Waals surface area contributed by atoms with Crippen LogP contribution in [0.4, 0.5) is 0 Å². The van der Waals surface area contributed by atoms with Crippen LogP contribution < -0.4 is 15.8 Å². The van der Waals surface area contributed by atoms with E-state index >= 15 is 0 Å². The number of carbonyl (C=O) groups is 2. The summed E-state index contributed by atoms with van der Waals surface area (Å²) in [4.78, 5) is 26.8. The van der Waals surface area contributed by atoms with Crippen molar-refractivity contribution in [2.45, 2.75) is 26.0 Å². The minimum Gasteiger partial charge on any atom is -0.488 e. The third-order valence-electron chi connectivity index (χ3n) is 6.14. The highest BCUT2D eigenvalue weighted by molar-refractivity contribution is 5.95. The number of amides is 2. The number of primary amides is 1. The van der Waals surface area contributed by atoms with Crippen LogP contribution in [-0.2, 0) is 13.2 Å². The minimum atomic E-state index is -0.534. The van der Waals surface area contributed by atoms with Crippen LogP contribution in [0.2, 0.25) is 0 Å². The van der Waals surface area contributed by atoms with Gasteiger partial charge < -0.3 is 15.8 Å². The lowest BCUT2D eigenvalue weighted by molar-refractivity contribution is 0.0929. The van der Waals surface area contributed by atoms with E-state index in [4.69, 9.17) is 10.5 Å². The first-order valence-corrected chi connectivity index (χ1v) is 11.7. The summed E-state index contributed by atoms with van der Waals surface area (Å²) in [6.45, 7) is 3.94. The minimum absolute atomic E-state index is 0.0837. The van der Waals surface area contributed by atoms with Gasteiger partial charge in [0.1, 0.15) is 12.4 Å². The zero-order valence-corrected chi connectivity index (χ0v) is 19.3. The molecule has 176 valence electrons. The SMILES string of the molecule is NC(=O)c1ccccc1OCc1cccc(C(=O)NCC2CCCN(Cc3ccccc3)C2)c1. The van der Waals surface area contributed by atoms with Crippen molar-refractivity contribution in [3.8, 4) is 5.75 Å². The summed E-state index contributed by atoms with van der Waals surface area (Å²) in [5.74, 6) is 0.258. The molecule has 0 radical (unpaired) electrons. The first kappa shape index (κ1) is 23.5. The Kier molecular flexibility index (Phi) is 7.94. The number of hydrogen-bond acceptors (Lipinski definition) is 4.